The van der Waals surface area contributed by atoms with Gasteiger partial charge in [0.1, 0.15) is 0 Å². The zero-order valence-corrected chi connectivity index (χ0v) is 15.8. The average molecular weight is 373 g/mol. The molecule has 2 aromatic carbocycles. The number of nitrogens with one attached hydrogen (secondary N) is 1. The lowest BCUT2D eigenvalue weighted by Gasteiger charge is -2.26. The Bertz CT molecular complexity index is 896. The first-order chi connectivity index (χ1) is 12.4. The van der Waals surface area contributed by atoms with Gasteiger partial charge in [-0.15, -0.1) is 0 Å². The van der Waals surface area contributed by atoms with Gasteiger partial charge in [0.2, 0.25) is 0 Å². The van der Waals surface area contributed by atoms with Crippen molar-refractivity contribution in [1.29, 1.82) is 0 Å². The number of likely N-dealkylation sites (N-methyl/N-ethyl adjacent to an activating group) is 1. The molecule has 0 unspecified atom stereocenters. The van der Waals surface area contributed by atoms with Gasteiger partial charge in [-0.25, -0.2) is 8.42 Å². The second-order valence-electron chi connectivity index (χ2n) is 6.54. The molecule has 0 aromatic heterocycles. The van der Waals surface area contributed by atoms with Crippen LogP contribution >= 0.6 is 0 Å². The summed E-state index contributed by atoms with van der Waals surface area (Å²) in [5, 5.41) is 2.76. The number of benzene rings is 2. The van der Waals surface area contributed by atoms with E-state index < -0.39 is 10.0 Å². The Morgan fingerprint density at radius 3 is 2.46 bits per heavy atom. The number of carbonyl (C=O) groups excluding carboxylic acids is 1. The van der Waals surface area contributed by atoms with Crippen molar-refractivity contribution in [1.82, 2.24) is 10.2 Å². The summed E-state index contributed by atoms with van der Waals surface area (Å²) in [5.74, 6) is -0.220. The van der Waals surface area contributed by atoms with E-state index in [9.17, 15) is 13.2 Å². The number of amides is 1. The van der Waals surface area contributed by atoms with Crippen molar-refractivity contribution < 1.29 is 13.2 Å². The Hall–Kier alpha value is -2.38. The lowest BCUT2D eigenvalue weighted by atomic mass is 10.0. The van der Waals surface area contributed by atoms with Crippen LogP contribution in [0.4, 0.5) is 5.69 Å². The SMILES string of the molecule is CN(C)CCN(c1ccccc1)S(=O)(=O)c1ccc2c(c1)C(=O)NCC2. The molecule has 2 aromatic rings. The number of hydrogen-bond acceptors (Lipinski definition) is 4. The summed E-state index contributed by atoms with van der Waals surface area (Å²) in [6.07, 6.45) is 0.713. The minimum atomic E-state index is -3.78. The maximum absolute atomic E-state index is 13.3. The van der Waals surface area contributed by atoms with Gasteiger partial charge in [-0.2, -0.15) is 0 Å². The van der Waals surface area contributed by atoms with E-state index in [0.29, 0.717) is 37.3 Å². The maximum Gasteiger partial charge on any atom is 0.264 e. The summed E-state index contributed by atoms with van der Waals surface area (Å²) in [5.41, 5.74) is 1.93. The molecule has 1 aliphatic heterocycles. The number of sulfonamides is 1. The summed E-state index contributed by atoms with van der Waals surface area (Å²) in [7, 11) is 0.0236. The average Bonchev–Trinajstić information content (AvgIpc) is 2.62. The third-order valence-corrected chi connectivity index (χ3v) is 6.21. The third-order valence-electron chi connectivity index (χ3n) is 4.39. The van der Waals surface area contributed by atoms with Crippen LogP contribution in [0, 0.1) is 0 Å². The highest BCUT2D eigenvalue weighted by atomic mass is 32.2. The van der Waals surface area contributed by atoms with E-state index in [0.717, 1.165) is 5.56 Å². The van der Waals surface area contributed by atoms with Gasteiger partial charge in [0.15, 0.2) is 0 Å². The standard InChI is InChI=1S/C19H23N3O3S/c1-21(2)12-13-22(16-6-4-3-5-7-16)26(24,25)17-9-8-15-10-11-20-19(23)18(15)14-17/h3-9,14H,10-13H2,1-2H3,(H,20,23). The third kappa shape index (κ3) is 3.73. The highest BCUT2D eigenvalue weighted by Crippen LogP contribution is 2.26. The largest absolute Gasteiger partial charge is 0.352 e. The van der Waals surface area contributed by atoms with Gasteiger partial charge in [-0.1, -0.05) is 24.3 Å². The molecule has 0 atom stereocenters. The van der Waals surface area contributed by atoms with Crippen LogP contribution in [0.25, 0.3) is 0 Å². The van der Waals surface area contributed by atoms with Gasteiger partial charge < -0.3 is 10.2 Å². The van der Waals surface area contributed by atoms with Crippen molar-refractivity contribution in [2.45, 2.75) is 11.3 Å². The molecule has 138 valence electrons. The van der Waals surface area contributed by atoms with Crippen molar-refractivity contribution in [3.05, 3.63) is 59.7 Å². The molecule has 3 rings (SSSR count). The minimum absolute atomic E-state index is 0.135. The highest BCUT2D eigenvalue weighted by molar-refractivity contribution is 7.92. The van der Waals surface area contributed by atoms with Crippen LogP contribution in [0.3, 0.4) is 0 Å². The summed E-state index contributed by atoms with van der Waals surface area (Å²) in [6.45, 7) is 1.49. The molecule has 6 nitrogen and oxygen atoms in total. The van der Waals surface area contributed by atoms with Crippen molar-refractivity contribution >= 4 is 21.6 Å². The molecule has 0 fully saturated rings. The summed E-state index contributed by atoms with van der Waals surface area (Å²) in [6, 6.07) is 13.9. The molecular formula is C19H23N3O3S. The molecule has 1 heterocycles. The van der Waals surface area contributed by atoms with Gasteiger partial charge >= 0.3 is 0 Å². The van der Waals surface area contributed by atoms with Gasteiger partial charge in [0.25, 0.3) is 15.9 Å². The van der Waals surface area contributed by atoms with Crippen molar-refractivity contribution in [2.75, 3.05) is 38.0 Å². The van der Waals surface area contributed by atoms with Crippen molar-refractivity contribution in [3.63, 3.8) is 0 Å². The summed E-state index contributed by atoms with van der Waals surface area (Å²) in [4.78, 5) is 14.2. The number of carbonyl (C=O) groups is 1. The van der Waals surface area contributed by atoms with Crippen LogP contribution in [-0.4, -0.2) is 53.0 Å². The van der Waals surface area contributed by atoms with Crippen LogP contribution in [0.2, 0.25) is 0 Å². The number of fused-ring (bicyclic) bond motifs is 1. The molecule has 26 heavy (non-hydrogen) atoms. The Balaban J connectivity index is 2.02. The molecule has 0 saturated carbocycles. The van der Waals surface area contributed by atoms with Crippen LogP contribution in [-0.2, 0) is 16.4 Å². The highest BCUT2D eigenvalue weighted by Gasteiger charge is 2.27. The molecule has 1 N–H and O–H groups in total. The molecule has 0 bridgehead atoms. The smallest absolute Gasteiger partial charge is 0.264 e. The van der Waals surface area contributed by atoms with E-state index in [1.165, 1.54) is 10.4 Å². The first-order valence-corrected chi connectivity index (χ1v) is 9.97. The van der Waals surface area contributed by atoms with E-state index in [4.69, 9.17) is 0 Å². The first kappa shape index (κ1) is 18.4. The summed E-state index contributed by atoms with van der Waals surface area (Å²) >= 11 is 0. The molecule has 7 heteroatoms. The Morgan fingerprint density at radius 2 is 1.77 bits per heavy atom. The van der Waals surface area contributed by atoms with Gasteiger partial charge in [0.05, 0.1) is 10.6 Å². The van der Waals surface area contributed by atoms with E-state index in [2.05, 4.69) is 5.32 Å². The zero-order valence-electron chi connectivity index (χ0n) is 15.0. The molecule has 0 radical (unpaired) electrons. The lowest BCUT2D eigenvalue weighted by molar-refractivity contribution is 0.0945. The predicted molar refractivity (Wildman–Crippen MR) is 102 cm³/mol. The number of hydrogen-bond donors (Lipinski definition) is 1. The van der Waals surface area contributed by atoms with Crippen LogP contribution in [0.5, 0.6) is 0 Å². The fourth-order valence-electron chi connectivity index (χ4n) is 2.95. The van der Waals surface area contributed by atoms with Gasteiger partial charge in [-0.3, -0.25) is 9.10 Å². The first-order valence-electron chi connectivity index (χ1n) is 8.53. The number of rotatable bonds is 6. The molecular weight excluding hydrogens is 350 g/mol. The topological polar surface area (TPSA) is 69.7 Å². The monoisotopic (exact) mass is 373 g/mol. The normalized spacial score (nSPS) is 14.0. The van der Waals surface area contributed by atoms with Crippen molar-refractivity contribution in [3.8, 4) is 0 Å². The van der Waals surface area contributed by atoms with Gasteiger partial charge in [-0.05, 0) is 50.3 Å². The molecule has 1 aliphatic rings. The maximum atomic E-state index is 13.3. The zero-order chi connectivity index (χ0) is 18.7. The molecule has 1 amide bonds. The summed E-state index contributed by atoms with van der Waals surface area (Å²) < 4.78 is 28.0. The number of anilines is 1. The van der Waals surface area contributed by atoms with Crippen molar-refractivity contribution in [2.24, 2.45) is 0 Å². The predicted octanol–water partition coefficient (Wildman–Crippen LogP) is 1.73. The number of para-hydroxylation sites is 1. The molecule has 0 aliphatic carbocycles. The fourth-order valence-corrected chi connectivity index (χ4v) is 4.43. The second-order valence-corrected chi connectivity index (χ2v) is 8.40. The second kappa shape index (κ2) is 7.47. The Labute approximate surface area is 154 Å². The number of nitrogens with zero attached hydrogens (tertiary/aromatic N) is 2. The Kier molecular flexibility index (Phi) is 5.29. The van der Waals surface area contributed by atoms with Crippen LogP contribution in [0.15, 0.2) is 53.4 Å². The van der Waals surface area contributed by atoms with E-state index >= 15 is 0 Å². The minimum Gasteiger partial charge on any atom is -0.352 e. The van der Waals surface area contributed by atoms with E-state index in [-0.39, 0.29) is 10.8 Å². The van der Waals surface area contributed by atoms with Gasteiger partial charge in [0, 0.05) is 25.2 Å². The van der Waals surface area contributed by atoms with Crippen LogP contribution < -0.4 is 9.62 Å². The van der Waals surface area contributed by atoms with Crippen LogP contribution in [0.1, 0.15) is 15.9 Å². The molecule has 0 spiro atoms. The van der Waals surface area contributed by atoms with E-state index in [1.54, 1.807) is 24.3 Å². The Morgan fingerprint density at radius 1 is 1.04 bits per heavy atom. The lowest BCUT2D eigenvalue weighted by Crippen LogP contribution is -2.37. The van der Waals surface area contributed by atoms with E-state index in [1.807, 2.05) is 37.2 Å². The quantitative estimate of drug-likeness (QED) is 0.837. The molecule has 0 saturated heterocycles. The fraction of sp³-hybridized carbons (Fsp3) is 0.316.